The van der Waals surface area contributed by atoms with Crippen molar-refractivity contribution in [2.45, 2.75) is 61.9 Å². The Labute approximate surface area is 234 Å². The molecule has 1 radical (unpaired) electrons. The number of nitrogens with one attached hydrogen (secondary N) is 1. The van der Waals surface area contributed by atoms with E-state index in [2.05, 4.69) is 95.8 Å². The number of hydrogen-bond donors (Lipinski definition) is 1. The third kappa shape index (κ3) is 20.3. The average molecular weight is 533 g/mol. The molecule has 0 aliphatic heterocycles. The molecule has 3 heteroatoms. The second-order valence-corrected chi connectivity index (χ2v) is 7.48. The van der Waals surface area contributed by atoms with E-state index in [0.717, 1.165) is 17.6 Å². The second kappa shape index (κ2) is 27.4. The Morgan fingerprint density at radius 1 is 0.848 bits per heavy atom. The first-order valence-electron chi connectivity index (χ1n) is 11.7. The van der Waals surface area contributed by atoms with Gasteiger partial charge in [-0.25, -0.2) is 0 Å². The predicted molar refractivity (Wildman–Crippen MR) is 152 cm³/mol. The zero-order valence-electron chi connectivity index (χ0n) is 24.3. The van der Waals surface area contributed by atoms with Crippen molar-refractivity contribution in [2.24, 2.45) is 0 Å². The van der Waals surface area contributed by atoms with Gasteiger partial charge in [0.2, 0.25) is 0 Å². The molecule has 0 aliphatic rings. The van der Waals surface area contributed by atoms with Crippen LogP contribution in [0, 0.1) is 28.2 Å². The number of quaternary nitrogens is 1. The first-order valence-corrected chi connectivity index (χ1v) is 11.7. The normalized spacial score (nSPS) is 9.12. The maximum atomic E-state index is 3.25. The minimum Gasteiger partial charge on any atom is -0.358 e. The summed E-state index contributed by atoms with van der Waals surface area (Å²) in [4.78, 5) is 0. The maximum Gasteiger partial charge on any atom is 0.104 e. The van der Waals surface area contributed by atoms with Gasteiger partial charge in [-0.15, -0.1) is 0 Å². The van der Waals surface area contributed by atoms with Gasteiger partial charge in [0, 0.05) is 44.8 Å². The number of nitrogens with zero attached hydrogens (tertiary/aromatic N) is 1. The number of benzene rings is 2. The fourth-order valence-electron chi connectivity index (χ4n) is 2.77. The largest absolute Gasteiger partial charge is 0.358 e. The topological polar surface area (TPSA) is 12.0 Å². The van der Waals surface area contributed by atoms with Crippen LogP contribution in [0.4, 0.5) is 0 Å². The van der Waals surface area contributed by atoms with Gasteiger partial charge in [-0.1, -0.05) is 82.3 Å². The van der Waals surface area contributed by atoms with Crippen molar-refractivity contribution in [2.75, 3.05) is 34.7 Å². The van der Waals surface area contributed by atoms with Crippen molar-refractivity contribution < 1.29 is 37.2 Å². The van der Waals surface area contributed by atoms with E-state index in [-0.39, 0.29) is 40.1 Å². The smallest absolute Gasteiger partial charge is 0.104 e. The summed E-state index contributed by atoms with van der Waals surface area (Å²) in [5, 5.41) is 2.98. The summed E-state index contributed by atoms with van der Waals surface area (Å²) < 4.78 is 0.956. The fraction of sp³-hybridized carbons (Fsp3) is 0.467. The molecular formula is C30H55N2Y-. The van der Waals surface area contributed by atoms with Gasteiger partial charge in [-0.3, -0.25) is 0 Å². The van der Waals surface area contributed by atoms with Crippen molar-refractivity contribution in [1.82, 2.24) is 5.32 Å². The number of allylic oxidation sites excluding steroid dienone is 1. The summed E-state index contributed by atoms with van der Waals surface area (Å²) in [5.41, 5.74) is 6.90. The summed E-state index contributed by atoms with van der Waals surface area (Å²) in [6.07, 6.45) is 4.09. The third-order valence-corrected chi connectivity index (χ3v) is 4.08. The summed E-state index contributed by atoms with van der Waals surface area (Å²) >= 11 is 0. The van der Waals surface area contributed by atoms with Gasteiger partial charge in [-0.2, -0.15) is 6.92 Å². The molecule has 1 N–H and O–H groups in total. The molecule has 189 valence electrons. The van der Waals surface area contributed by atoms with Crippen LogP contribution in [0.5, 0.6) is 0 Å². The van der Waals surface area contributed by atoms with E-state index in [9.17, 15) is 0 Å². The zero-order chi connectivity index (χ0) is 24.9. The van der Waals surface area contributed by atoms with Gasteiger partial charge >= 0.3 is 0 Å². The Morgan fingerprint density at radius 2 is 1.33 bits per heavy atom. The quantitative estimate of drug-likeness (QED) is 0.232. The summed E-state index contributed by atoms with van der Waals surface area (Å²) in [6, 6.07) is 15.3. The second-order valence-electron chi connectivity index (χ2n) is 7.48. The van der Waals surface area contributed by atoms with E-state index in [4.69, 9.17) is 0 Å². The molecule has 0 amide bonds. The minimum absolute atomic E-state index is 0. The molecule has 0 spiro atoms. The monoisotopic (exact) mass is 532 g/mol. The first-order chi connectivity index (χ1) is 14.8. The molecule has 0 saturated heterocycles. The Balaban J connectivity index is -0.000000160. The number of hydrogen-bond acceptors (Lipinski definition) is 1. The van der Waals surface area contributed by atoms with Gasteiger partial charge in [-0.05, 0) is 50.1 Å². The van der Waals surface area contributed by atoms with E-state index in [1.807, 2.05) is 47.7 Å². The molecule has 2 nitrogen and oxygen atoms in total. The zero-order valence-corrected chi connectivity index (χ0v) is 27.2. The molecule has 2 aromatic carbocycles. The van der Waals surface area contributed by atoms with Gasteiger partial charge in [0.15, 0.2) is 0 Å². The summed E-state index contributed by atoms with van der Waals surface area (Å²) in [6.45, 7) is 21.5. The predicted octanol–water partition coefficient (Wildman–Crippen LogP) is 8.30. The molecule has 0 atom stereocenters. The fourth-order valence-corrected chi connectivity index (χ4v) is 2.77. The van der Waals surface area contributed by atoms with E-state index in [1.54, 1.807) is 6.92 Å². The molecule has 2 rings (SSSR count). The van der Waals surface area contributed by atoms with Crippen LogP contribution in [0.2, 0.25) is 0 Å². The molecule has 0 heterocycles. The molecule has 0 fully saturated rings. The van der Waals surface area contributed by atoms with Crippen LogP contribution in [0.15, 0.2) is 54.6 Å². The third-order valence-electron chi connectivity index (χ3n) is 4.08. The molecule has 2 aromatic rings. The Bertz CT molecular complexity index is 686. The molecule has 0 saturated carbocycles. The minimum atomic E-state index is 0. The van der Waals surface area contributed by atoms with E-state index >= 15 is 0 Å². The van der Waals surface area contributed by atoms with E-state index in [1.165, 1.54) is 27.8 Å². The Kier molecular flexibility index (Phi) is 35.2. The van der Waals surface area contributed by atoms with Crippen LogP contribution < -0.4 is 5.32 Å². The molecule has 0 aromatic heterocycles. The van der Waals surface area contributed by atoms with Gasteiger partial charge in [0.1, 0.15) is 6.54 Å². The van der Waals surface area contributed by atoms with Crippen molar-refractivity contribution in [3.63, 3.8) is 0 Å². The number of aryl methyl sites for hydroxylation is 1. The van der Waals surface area contributed by atoms with Crippen molar-refractivity contribution >= 4 is 0 Å². The maximum absolute atomic E-state index is 3.25. The average Bonchev–Trinajstić information content (AvgIpc) is 2.78. The van der Waals surface area contributed by atoms with Gasteiger partial charge < -0.3 is 24.2 Å². The van der Waals surface area contributed by atoms with Crippen LogP contribution in [-0.4, -0.2) is 39.2 Å². The van der Waals surface area contributed by atoms with Crippen LogP contribution >= 0.6 is 0 Å². The van der Waals surface area contributed by atoms with Crippen LogP contribution in [0.25, 0.3) is 11.1 Å². The SMILES string of the molecule is C/C=C\CNC.CC.CC.Cc1ccccc1-c1cccc(C[N+](C)(C)C)c1C.[CH2-]C.[CH3-].[Y]. The standard InChI is InChI=1S/C18H24N.C5H11N.2C2H6.C2H5.CH3.Y/c1-14-9-6-7-11-17(14)18-12-8-10-16(15(18)2)13-19(3,4)5;1-3-4-5-6-2;3*1-2;;/h6-12H,13H2,1-5H3;3-4,6H,5H2,1-2H3;2*1-2H3;1H2,2H3;1H3;/q+1;;;;2*-1;/b;4-3-;;;;;. The molecule has 33 heavy (non-hydrogen) atoms. The summed E-state index contributed by atoms with van der Waals surface area (Å²) in [7, 11) is 8.64. The molecular weight excluding hydrogens is 477 g/mol. The van der Waals surface area contributed by atoms with Crippen LogP contribution in [-0.2, 0) is 39.3 Å². The van der Waals surface area contributed by atoms with Crippen molar-refractivity contribution in [3.05, 3.63) is 85.7 Å². The summed E-state index contributed by atoms with van der Waals surface area (Å²) in [5.74, 6) is 0. The van der Waals surface area contributed by atoms with Gasteiger partial charge in [0.25, 0.3) is 0 Å². The number of rotatable bonds is 5. The van der Waals surface area contributed by atoms with Crippen LogP contribution in [0.3, 0.4) is 0 Å². The molecule has 0 bridgehead atoms. The molecule has 0 aliphatic carbocycles. The van der Waals surface area contributed by atoms with Gasteiger partial charge in [0.05, 0.1) is 21.1 Å². The van der Waals surface area contributed by atoms with Crippen molar-refractivity contribution in [1.29, 1.82) is 0 Å². The first kappa shape index (κ1) is 42.4. The molecule has 0 unspecified atom stereocenters. The van der Waals surface area contributed by atoms with Crippen LogP contribution in [0.1, 0.15) is 58.2 Å². The van der Waals surface area contributed by atoms with E-state index < -0.39 is 0 Å². The Hall–Kier alpha value is -0.796. The number of likely N-dealkylation sites (N-methyl/N-ethyl adjacent to an activating group) is 1. The van der Waals surface area contributed by atoms with Crippen molar-refractivity contribution in [3.8, 4) is 11.1 Å². The van der Waals surface area contributed by atoms with E-state index in [0.29, 0.717) is 0 Å². The Morgan fingerprint density at radius 3 is 1.73 bits per heavy atom.